The Morgan fingerprint density at radius 3 is 1.09 bits per heavy atom. The molecule has 0 bridgehead atoms. The molecule has 13 heteroatoms. The van der Waals surface area contributed by atoms with E-state index < -0.39 is 15.6 Å². The van der Waals surface area contributed by atoms with Gasteiger partial charge < -0.3 is 14.7 Å². The largest absolute Gasteiger partial charge is 0.474 e. The molecule has 0 aliphatic heterocycles. The maximum atomic E-state index is 12.0. The van der Waals surface area contributed by atoms with Gasteiger partial charge in [0.25, 0.3) is 0 Å². The van der Waals surface area contributed by atoms with E-state index in [0.717, 1.165) is 0 Å². The van der Waals surface area contributed by atoms with E-state index in [4.69, 9.17) is 67.6 Å². The standard InChI is InChI=1S/C9H18Cl3O4P.H3O4P/c10-4-1-7-14-17(13,15-8-2-5-11)16-9-3-6-12;1-5(2,3)4/h1-9H2;(H3,1,2,3,4). The lowest BCUT2D eigenvalue weighted by Gasteiger charge is -2.17. The molecule has 0 rings (SSSR count). The second kappa shape index (κ2) is 15.6. The lowest BCUT2D eigenvalue weighted by Crippen LogP contribution is -2.05. The van der Waals surface area contributed by atoms with Crippen molar-refractivity contribution in [2.75, 3.05) is 37.5 Å². The predicted molar refractivity (Wildman–Crippen MR) is 85.7 cm³/mol. The first-order valence-electron chi connectivity index (χ1n) is 6.18. The van der Waals surface area contributed by atoms with Crippen LogP contribution >= 0.6 is 50.4 Å². The molecule has 0 aromatic carbocycles. The Hall–Kier alpha value is 1.09. The molecule has 0 amide bonds. The summed E-state index contributed by atoms with van der Waals surface area (Å²) in [6, 6.07) is 0. The number of rotatable bonds is 12. The molecule has 0 unspecified atom stereocenters. The summed E-state index contributed by atoms with van der Waals surface area (Å²) in [6.45, 7) is 0.716. The van der Waals surface area contributed by atoms with Crippen molar-refractivity contribution in [3.8, 4) is 0 Å². The van der Waals surface area contributed by atoms with E-state index in [1.807, 2.05) is 0 Å². The summed E-state index contributed by atoms with van der Waals surface area (Å²) < 4.78 is 36.2. The first-order valence-corrected chi connectivity index (χ1v) is 10.8. The molecular formula is C9H21Cl3O8P2. The van der Waals surface area contributed by atoms with Crippen molar-refractivity contribution in [2.24, 2.45) is 0 Å². The van der Waals surface area contributed by atoms with Crippen LogP contribution in [0, 0.1) is 0 Å². The van der Waals surface area contributed by atoms with E-state index in [9.17, 15) is 4.57 Å². The first kappa shape index (κ1) is 25.3. The van der Waals surface area contributed by atoms with Crippen molar-refractivity contribution in [1.29, 1.82) is 0 Å². The molecule has 3 N–H and O–H groups in total. The van der Waals surface area contributed by atoms with Crippen molar-refractivity contribution in [2.45, 2.75) is 19.3 Å². The topological polar surface area (TPSA) is 123 Å². The normalized spacial score (nSPS) is 11.9. The van der Waals surface area contributed by atoms with Crippen LogP contribution in [-0.4, -0.2) is 52.1 Å². The van der Waals surface area contributed by atoms with E-state index in [1.165, 1.54) is 0 Å². The van der Waals surface area contributed by atoms with Gasteiger partial charge in [-0.25, -0.2) is 9.13 Å². The van der Waals surface area contributed by atoms with Crippen LogP contribution in [0.25, 0.3) is 0 Å². The summed E-state index contributed by atoms with van der Waals surface area (Å²) in [4.78, 5) is 21.6. The van der Waals surface area contributed by atoms with E-state index in [2.05, 4.69) is 0 Å². The molecule has 0 aliphatic rings. The number of halogens is 3. The zero-order valence-corrected chi connectivity index (χ0v) is 15.8. The van der Waals surface area contributed by atoms with Crippen LogP contribution in [0.4, 0.5) is 0 Å². The van der Waals surface area contributed by atoms with Gasteiger partial charge in [-0.05, 0) is 19.3 Å². The van der Waals surface area contributed by atoms with Crippen LogP contribution in [0.3, 0.4) is 0 Å². The average molecular weight is 426 g/mol. The van der Waals surface area contributed by atoms with Crippen LogP contribution in [0.2, 0.25) is 0 Å². The van der Waals surface area contributed by atoms with Crippen molar-refractivity contribution in [1.82, 2.24) is 0 Å². The molecule has 0 aromatic heterocycles. The van der Waals surface area contributed by atoms with Gasteiger partial charge in [-0.15, -0.1) is 34.8 Å². The van der Waals surface area contributed by atoms with E-state index >= 15 is 0 Å². The summed E-state index contributed by atoms with van der Waals surface area (Å²) in [7, 11) is -8.12. The third-order valence-corrected chi connectivity index (χ3v) is 3.88. The van der Waals surface area contributed by atoms with Gasteiger partial charge in [0.15, 0.2) is 0 Å². The zero-order valence-electron chi connectivity index (χ0n) is 11.8. The van der Waals surface area contributed by atoms with Gasteiger partial charge in [0.2, 0.25) is 0 Å². The Kier molecular flexibility index (Phi) is 18.0. The van der Waals surface area contributed by atoms with Gasteiger partial charge >= 0.3 is 15.6 Å². The van der Waals surface area contributed by atoms with E-state index in [-0.39, 0.29) is 19.8 Å². The molecule has 136 valence electrons. The highest BCUT2D eigenvalue weighted by molar-refractivity contribution is 7.48. The molecule has 0 saturated heterocycles. The van der Waals surface area contributed by atoms with Crippen molar-refractivity contribution < 1.29 is 37.4 Å². The van der Waals surface area contributed by atoms with Crippen LogP contribution < -0.4 is 0 Å². The van der Waals surface area contributed by atoms with Gasteiger partial charge in [-0.3, -0.25) is 13.6 Å². The fourth-order valence-electron chi connectivity index (χ4n) is 0.805. The maximum Gasteiger partial charge on any atom is 0.474 e. The number of phosphoric acid groups is 2. The highest BCUT2D eigenvalue weighted by atomic mass is 35.5. The molecule has 0 saturated carbocycles. The second-order valence-corrected chi connectivity index (χ2v) is 7.42. The smallest absolute Gasteiger partial charge is 0.303 e. The first-order chi connectivity index (χ1) is 10.2. The lowest BCUT2D eigenvalue weighted by atomic mass is 10.5. The fourth-order valence-corrected chi connectivity index (χ4v) is 2.41. The van der Waals surface area contributed by atoms with Crippen molar-refractivity contribution in [3.05, 3.63) is 0 Å². The quantitative estimate of drug-likeness (QED) is 0.248. The molecule has 0 fully saturated rings. The number of hydrogen-bond donors (Lipinski definition) is 3. The van der Waals surface area contributed by atoms with Crippen molar-refractivity contribution in [3.63, 3.8) is 0 Å². The number of phosphoric ester groups is 1. The molecule has 8 nitrogen and oxygen atoms in total. The van der Waals surface area contributed by atoms with Crippen LogP contribution in [0.1, 0.15) is 19.3 Å². The van der Waals surface area contributed by atoms with Crippen LogP contribution in [0.15, 0.2) is 0 Å². The number of hydrogen-bond acceptors (Lipinski definition) is 5. The minimum atomic E-state index is -4.64. The van der Waals surface area contributed by atoms with Gasteiger partial charge in [0, 0.05) is 17.6 Å². The number of alkyl halides is 3. The SMILES string of the molecule is O=P(O)(O)O.O=P(OCCCCl)(OCCCCl)OCCCCl. The zero-order chi connectivity index (χ0) is 17.5. The average Bonchev–Trinajstić information content (AvgIpc) is 2.38. The fraction of sp³-hybridized carbons (Fsp3) is 1.00. The Labute approximate surface area is 144 Å². The van der Waals surface area contributed by atoms with Gasteiger partial charge in [-0.1, -0.05) is 0 Å². The summed E-state index contributed by atoms with van der Waals surface area (Å²) in [6.07, 6.45) is 1.76. The summed E-state index contributed by atoms with van der Waals surface area (Å²) in [5.41, 5.74) is 0. The molecule has 0 atom stereocenters. The molecule has 0 aromatic rings. The predicted octanol–water partition coefficient (Wildman–Crippen LogP) is 3.10. The summed E-state index contributed by atoms with van der Waals surface area (Å²) in [5.74, 6) is 1.30. The maximum absolute atomic E-state index is 12.0. The highest BCUT2D eigenvalue weighted by Crippen LogP contribution is 2.49. The Morgan fingerprint density at radius 1 is 0.682 bits per heavy atom. The summed E-state index contributed by atoms with van der Waals surface area (Å²) >= 11 is 16.5. The van der Waals surface area contributed by atoms with E-state index in [0.29, 0.717) is 36.9 Å². The third kappa shape index (κ3) is 23.4. The van der Waals surface area contributed by atoms with Gasteiger partial charge in [0.1, 0.15) is 0 Å². The Balaban J connectivity index is 0. The minimum Gasteiger partial charge on any atom is -0.303 e. The molecular weight excluding hydrogens is 404 g/mol. The van der Waals surface area contributed by atoms with Crippen LogP contribution in [-0.2, 0) is 22.7 Å². The summed E-state index contributed by atoms with van der Waals surface area (Å²) in [5, 5.41) is 0. The molecule has 0 spiro atoms. The lowest BCUT2D eigenvalue weighted by molar-refractivity contribution is 0.114. The monoisotopic (exact) mass is 424 g/mol. The Bertz CT molecular complexity index is 299. The minimum absolute atomic E-state index is 0.239. The van der Waals surface area contributed by atoms with E-state index in [1.54, 1.807) is 0 Å². The highest BCUT2D eigenvalue weighted by Gasteiger charge is 2.25. The molecule has 22 heavy (non-hydrogen) atoms. The Morgan fingerprint density at radius 2 is 0.909 bits per heavy atom. The molecule has 0 aliphatic carbocycles. The van der Waals surface area contributed by atoms with Crippen LogP contribution in [0.5, 0.6) is 0 Å². The second-order valence-electron chi connectivity index (χ2n) is 3.59. The molecule has 0 heterocycles. The van der Waals surface area contributed by atoms with Gasteiger partial charge in [-0.2, -0.15) is 0 Å². The third-order valence-electron chi connectivity index (χ3n) is 1.58. The van der Waals surface area contributed by atoms with Crippen molar-refractivity contribution >= 4 is 50.4 Å². The van der Waals surface area contributed by atoms with Gasteiger partial charge in [0.05, 0.1) is 19.8 Å². The molecule has 0 radical (unpaired) electrons.